The molecule has 11 heteroatoms. The van der Waals surface area contributed by atoms with Gasteiger partial charge in [0.1, 0.15) is 34.2 Å². The van der Waals surface area contributed by atoms with Crippen molar-refractivity contribution in [2.45, 2.75) is 77.0 Å². The first kappa shape index (κ1) is 35.9. The van der Waals surface area contributed by atoms with E-state index in [-0.39, 0.29) is 59.9 Å². The molecule has 2 N–H and O–H groups in total. The Morgan fingerprint density at radius 3 is 1.60 bits per heavy atom. The second-order valence-corrected chi connectivity index (χ2v) is 13.4. The molecule has 3 aliphatic rings. The lowest BCUT2D eigenvalue weighted by molar-refractivity contribution is -0.129. The van der Waals surface area contributed by atoms with Crippen molar-refractivity contribution in [2.75, 3.05) is 13.2 Å². The molecule has 5 rings (SSSR count). The van der Waals surface area contributed by atoms with E-state index in [1.54, 1.807) is 50.2 Å². The molecule has 0 amide bonds. The molecule has 2 aromatic carbocycles. The summed E-state index contributed by atoms with van der Waals surface area (Å²) in [7, 11) is 0. The molecule has 0 radical (unpaired) electrons. The maximum atomic E-state index is 13.3. The molecule has 1 saturated heterocycles. The Morgan fingerprint density at radius 2 is 1.13 bits per heavy atom. The number of allylic oxidation sites excluding steroid dienone is 2. The molecule has 2 aromatic rings. The fourth-order valence-corrected chi connectivity index (χ4v) is 6.55. The lowest BCUT2D eigenvalue weighted by Crippen LogP contribution is -2.46. The number of aliphatic hydroxyl groups excluding tert-OH is 2. The molecule has 2 aliphatic carbocycles. The lowest BCUT2D eigenvalue weighted by Gasteiger charge is -2.40. The van der Waals surface area contributed by atoms with Crippen LogP contribution in [-0.2, 0) is 44.3 Å². The van der Waals surface area contributed by atoms with Crippen LogP contribution in [0.4, 0.5) is 0 Å². The summed E-state index contributed by atoms with van der Waals surface area (Å²) in [6.45, 7) is 6.94. The van der Waals surface area contributed by atoms with Gasteiger partial charge in [0.15, 0.2) is 23.1 Å². The van der Waals surface area contributed by atoms with E-state index < -0.39 is 34.0 Å². The first-order valence-corrected chi connectivity index (χ1v) is 16.0. The van der Waals surface area contributed by atoms with Crippen LogP contribution in [0.1, 0.15) is 88.5 Å². The highest BCUT2D eigenvalue weighted by molar-refractivity contribution is 6.33. The molecule has 1 fully saturated rings. The van der Waals surface area contributed by atoms with Gasteiger partial charge >= 0.3 is 0 Å². The van der Waals surface area contributed by atoms with E-state index in [1.165, 1.54) is 13.8 Å². The van der Waals surface area contributed by atoms with E-state index in [4.69, 9.17) is 27.9 Å². The van der Waals surface area contributed by atoms with Crippen LogP contribution in [0.15, 0.2) is 47.5 Å². The minimum atomic E-state index is -0.965. The average molecular weight is 684 g/mol. The summed E-state index contributed by atoms with van der Waals surface area (Å²) in [6, 6.07) is 9.76. The molecule has 0 aromatic heterocycles. The van der Waals surface area contributed by atoms with E-state index in [2.05, 4.69) is 0 Å². The number of rotatable bonds is 8. The summed E-state index contributed by atoms with van der Waals surface area (Å²) in [5.74, 6) is -2.76. The van der Waals surface area contributed by atoms with E-state index in [0.717, 1.165) is 0 Å². The third kappa shape index (κ3) is 7.03. The van der Waals surface area contributed by atoms with Gasteiger partial charge in [-0.2, -0.15) is 0 Å². The molecular formula is C36H36Cl2O9. The number of halogens is 2. The van der Waals surface area contributed by atoms with Gasteiger partial charge in [-0.05, 0) is 88.1 Å². The van der Waals surface area contributed by atoms with Crippen molar-refractivity contribution in [1.82, 2.24) is 0 Å². The molecular weight excluding hydrogens is 647 g/mol. The van der Waals surface area contributed by atoms with E-state index in [9.17, 15) is 39.0 Å². The van der Waals surface area contributed by atoms with E-state index in [1.807, 2.05) is 0 Å². The Bertz CT molecular complexity index is 1760. The molecule has 0 atom stereocenters. The number of hydrogen-bond acceptors (Lipinski definition) is 9. The van der Waals surface area contributed by atoms with Crippen molar-refractivity contribution in [3.05, 3.63) is 79.8 Å². The summed E-state index contributed by atoms with van der Waals surface area (Å²) in [4.78, 5) is 73.0. The number of benzene rings is 2. The number of aliphatic hydroxyl groups is 2. The number of hydrogen-bond donors (Lipinski definition) is 2. The van der Waals surface area contributed by atoms with Crippen LogP contribution in [0.25, 0.3) is 11.5 Å². The van der Waals surface area contributed by atoms with Gasteiger partial charge in [-0.3, -0.25) is 19.2 Å². The highest BCUT2D eigenvalue weighted by atomic mass is 35.5. The van der Waals surface area contributed by atoms with E-state index in [0.29, 0.717) is 58.4 Å². The fourth-order valence-electron chi connectivity index (χ4n) is 6.20. The number of carbonyl (C=O) groups excluding carboxylic acids is 6. The van der Waals surface area contributed by atoms with Crippen molar-refractivity contribution < 1.29 is 43.7 Å². The smallest absolute Gasteiger partial charge is 0.180 e. The fraction of sp³-hybridized carbons (Fsp3) is 0.389. The molecule has 0 unspecified atom stereocenters. The SMILES string of the molecule is CC(=O)CCC(=O)C1=C(O)c2ccc(Cl)cc2C(C)(C)C1=O.CC(=O)CCC(=O)C1=C(O)c2ccc(Cl)cc2C2(CCOCC2)C1=O. The number of carbonyl (C=O) groups is 6. The Labute approximate surface area is 282 Å². The summed E-state index contributed by atoms with van der Waals surface area (Å²) < 4.78 is 5.40. The molecule has 47 heavy (non-hydrogen) atoms. The standard InChI is InChI=1S/C19H19ClO5.C17H17ClO4/c1-11(21)2-5-15(22)16-17(23)13-4-3-12(20)10-14(13)19(18(16)24)6-8-25-9-7-19;1-9(19)4-7-13(20)14-15(21)11-6-5-10(18)8-12(11)17(2,3)16(14)22/h3-4,10,23H,2,5-9H2,1H3;5-6,8,21H,4,7H2,1-3H3. The van der Waals surface area contributed by atoms with Gasteiger partial charge in [-0.1, -0.05) is 23.2 Å². The molecule has 1 spiro atoms. The third-order valence-electron chi connectivity index (χ3n) is 8.90. The Morgan fingerprint density at radius 1 is 0.702 bits per heavy atom. The molecule has 0 bridgehead atoms. The molecule has 9 nitrogen and oxygen atoms in total. The van der Waals surface area contributed by atoms with Crippen LogP contribution in [0.2, 0.25) is 10.0 Å². The topological polar surface area (TPSA) is 152 Å². The van der Waals surface area contributed by atoms with Crippen LogP contribution in [0.3, 0.4) is 0 Å². The quantitative estimate of drug-likeness (QED) is 0.294. The highest BCUT2D eigenvalue weighted by Crippen LogP contribution is 2.47. The van der Waals surface area contributed by atoms with Gasteiger partial charge in [-0.15, -0.1) is 0 Å². The van der Waals surface area contributed by atoms with Crippen LogP contribution >= 0.6 is 23.2 Å². The molecule has 248 valence electrons. The zero-order valence-corrected chi connectivity index (χ0v) is 28.1. The summed E-state index contributed by atoms with van der Waals surface area (Å²) in [5, 5.41) is 21.9. The highest BCUT2D eigenvalue weighted by Gasteiger charge is 2.50. The van der Waals surface area contributed by atoms with Gasteiger partial charge in [0, 0.05) is 60.1 Å². The number of ether oxygens (including phenoxy) is 1. The largest absolute Gasteiger partial charge is 0.506 e. The predicted octanol–water partition coefficient (Wildman–Crippen LogP) is 6.59. The third-order valence-corrected chi connectivity index (χ3v) is 9.37. The van der Waals surface area contributed by atoms with Crippen molar-refractivity contribution in [2.24, 2.45) is 0 Å². The Kier molecular flexibility index (Phi) is 10.7. The first-order valence-electron chi connectivity index (χ1n) is 15.2. The van der Waals surface area contributed by atoms with Crippen molar-refractivity contribution >= 4 is 69.4 Å². The van der Waals surface area contributed by atoms with Crippen LogP contribution in [0.5, 0.6) is 0 Å². The monoisotopic (exact) mass is 682 g/mol. The number of ketones is 6. The molecule has 0 saturated carbocycles. The maximum Gasteiger partial charge on any atom is 0.180 e. The van der Waals surface area contributed by atoms with Crippen LogP contribution in [0, 0.1) is 0 Å². The minimum absolute atomic E-state index is 0.0481. The van der Waals surface area contributed by atoms with Gasteiger partial charge in [0.05, 0.1) is 10.8 Å². The minimum Gasteiger partial charge on any atom is -0.506 e. The Balaban J connectivity index is 0.000000215. The van der Waals surface area contributed by atoms with Gasteiger partial charge in [0.25, 0.3) is 0 Å². The molecule has 1 heterocycles. The van der Waals surface area contributed by atoms with Crippen LogP contribution < -0.4 is 0 Å². The predicted molar refractivity (Wildman–Crippen MR) is 177 cm³/mol. The zero-order valence-electron chi connectivity index (χ0n) is 26.6. The zero-order chi connectivity index (χ0) is 34.8. The van der Waals surface area contributed by atoms with Gasteiger partial charge in [-0.25, -0.2) is 0 Å². The first-order chi connectivity index (χ1) is 22.0. The van der Waals surface area contributed by atoms with E-state index >= 15 is 0 Å². The average Bonchev–Trinajstić information content (AvgIpc) is 3.02. The number of Topliss-reactive ketones (excluding diaryl/α,β-unsaturated/α-hetero) is 6. The summed E-state index contributed by atoms with van der Waals surface area (Å²) in [5.41, 5.74) is -0.171. The maximum absolute atomic E-state index is 13.3. The van der Waals surface area contributed by atoms with Gasteiger partial charge in [0.2, 0.25) is 0 Å². The second kappa shape index (κ2) is 14.1. The number of fused-ring (bicyclic) bond motifs is 3. The lowest BCUT2D eigenvalue weighted by atomic mass is 9.63. The van der Waals surface area contributed by atoms with Crippen molar-refractivity contribution in [3.63, 3.8) is 0 Å². The summed E-state index contributed by atoms with van der Waals surface area (Å²) in [6.07, 6.45) is 0.782. The van der Waals surface area contributed by atoms with Crippen molar-refractivity contribution in [3.8, 4) is 0 Å². The van der Waals surface area contributed by atoms with Crippen LogP contribution in [-0.4, -0.2) is 58.1 Å². The van der Waals surface area contributed by atoms with Gasteiger partial charge < -0.3 is 24.5 Å². The Hall–Kier alpha value is -3.92. The second-order valence-electron chi connectivity index (χ2n) is 12.6. The molecule has 1 aliphatic heterocycles. The summed E-state index contributed by atoms with van der Waals surface area (Å²) >= 11 is 12.1. The van der Waals surface area contributed by atoms with Crippen molar-refractivity contribution in [1.29, 1.82) is 0 Å². The normalized spacial score (nSPS) is 17.8.